The lowest BCUT2D eigenvalue weighted by Gasteiger charge is -2.09. The highest BCUT2D eigenvalue weighted by atomic mass is 127. The monoisotopic (exact) mass is 400 g/mol. The van der Waals surface area contributed by atoms with Crippen LogP contribution in [0.2, 0.25) is 0 Å². The number of halogens is 1. The Balaban J connectivity index is 2.25. The fourth-order valence-electron chi connectivity index (χ4n) is 1.65. The molecule has 0 atom stereocenters. The molecule has 0 saturated carbocycles. The summed E-state index contributed by atoms with van der Waals surface area (Å²) in [6.45, 7) is 0. The zero-order chi connectivity index (χ0) is 14.5. The van der Waals surface area contributed by atoms with E-state index in [9.17, 15) is 4.79 Å². The van der Waals surface area contributed by atoms with Gasteiger partial charge in [-0.2, -0.15) is 0 Å². The molecule has 0 spiro atoms. The van der Waals surface area contributed by atoms with E-state index in [-0.39, 0.29) is 0 Å². The summed E-state index contributed by atoms with van der Waals surface area (Å²) < 4.78 is 11.2. The second-order valence-electron chi connectivity index (χ2n) is 3.91. The highest BCUT2D eigenvalue weighted by molar-refractivity contribution is 14.1. The largest absolute Gasteiger partial charge is 0.496 e. The highest BCUT2D eigenvalue weighted by Crippen LogP contribution is 2.32. The number of esters is 1. The Morgan fingerprint density at radius 2 is 1.70 bits per heavy atom. The van der Waals surface area contributed by atoms with Crippen molar-refractivity contribution in [3.8, 4) is 5.75 Å². The van der Waals surface area contributed by atoms with Crippen LogP contribution in [0, 0.1) is 3.57 Å². The fourth-order valence-corrected chi connectivity index (χ4v) is 2.86. The maximum Gasteiger partial charge on any atom is 0.341 e. The van der Waals surface area contributed by atoms with Gasteiger partial charge in [-0.3, -0.25) is 0 Å². The minimum atomic E-state index is -0.396. The second kappa shape index (κ2) is 6.99. The molecule has 0 saturated heterocycles. The van der Waals surface area contributed by atoms with Gasteiger partial charge in [-0.15, -0.1) is 0 Å². The summed E-state index contributed by atoms with van der Waals surface area (Å²) in [4.78, 5) is 13.7. The second-order valence-corrected chi connectivity index (χ2v) is 6.30. The van der Waals surface area contributed by atoms with E-state index >= 15 is 0 Å². The van der Waals surface area contributed by atoms with Crippen molar-refractivity contribution in [2.75, 3.05) is 14.2 Å². The predicted molar refractivity (Wildman–Crippen MR) is 87.6 cm³/mol. The Morgan fingerprint density at radius 1 is 1.05 bits per heavy atom. The van der Waals surface area contributed by atoms with Gasteiger partial charge in [-0.25, -0.2) is 4.79 Å². The molecule has 0 aliphatic rings. The standard InChI is InChI=1S/C15H13IO3S/c1-18-14-9-12(7-8-13(14)15(17)19-2)20-11-5-3-10(16)4-6-11/h3-9H,1-2H3. The van der Waals surface area contributed by atoms with Crippen LogP contribution in [0.25, 0.3) is 0 Å². The van der Waals surface area contributed by atoms with Crippen LogP contribution >= 0.6 is 34.4 Å². The summed E-state index contributed by atoms with van der Waals surface area (Å²) in [5.41, 5.74) is 0.432. The third kappa shape index (κ3) is 3.67. The van der Waals surface area contributed by atoms with Crippen molar-refractivity contribution in [3.05, 3.63) is 51.6 Å². The van der Waals surface area contributed by atoms with E-state index in [0.29, 0.717) is 11.3 Å². The lowest BCUT2D eigenvalue weighted by Crippen LogP contribution is -2.03. The van der Waals surface area contributed by atoms with Crippen LogP contribution < -0.4 is 4.74 Å². The molecule has 0 radical (unpaired) electrons. The summed E-state index contributed by atoms with van der Waals surface area (Å²) in [5, 5.41) is 0. The fraction of sp³-hybridized carbons (Fsp3) is 0.133. The first-order chi connectivity index (χ1) is 9.63. The molecule has 0 fully saturated rings. The van der Waals surface area contributed by atoms with E-state index in [2.05, 4.69) is 46.9 Å². The summed E-state index contributed by atoms with van der Waals surface area (Å²) in [6.07, 6.45) is 0. The van der Waals surface area contributed by atoms with Gasteiger partial charge in [-0.1, -0.05) is 11.8 Å². The number of ether oxygens (including phenoxy) is 2. The molecule has 0 aromatic heterocycles. The van der Waals surface area contributed by atoms with E-state index in [0.717, 1.165) is 9.79 Å². The molecule has 3 nitrogen and oxygen atoms in total. The van der Waals surface area contributed by atoms with E-state index in [1.54, 1.807) is 24.9 Å². The van der Waals surface area contributed by atoms with E-state index in [4.69, 9.17) is 9.47 Å². The van der Waals surface area contributed by atoms with Crippen molar-refractivity contribution in [2.24, 2.45) is 0 Å². The lowest BCUT2D eigenvalue weighted by atomic mass is 10.2. The van der Waals surface area contributed by atoms with Gasteiger partial charge in [0.1, 0.15) is 11.3 Å². The number of hydrogen-bond acceptors (Lipinski definition) is 4. The van der Waals surface area contributed by atoms with Crippen molar-refractivity contribution in [1.82, 2.24) is 0 Å². The van der Waals surface area contributed by atoms with Crippen molar-refractivity contribution in [3.63, 3.8) is 0 Å². The summed E-state index contributed by atoms with van der Waals surface area (Å²) in [5.74, 6) is 0.125. The first kappa shape index (κ1) is 15.2. The number of methoxy groups -OCH3 is 2. The molecule has 0 unspecified atom stereocenters. The van der Waals surface area contributed by atoms with Gasteiger partial charge in [0.05, 0.1) is 14.2 Å². The molecule has 0 aliphatic heterocycles. The Kier molecular flexibility index (Phi) is 5.31. The summed E-state index contributed by atoms with van der Waals surface area (Å²) in [7, 11) is 2.90. The Bertz CT molecular complexity index is 611. The Hall–Kier alpha value is -1.21. The average Bonchev–Trinajstić information content (AvgIpc) is 2.48. The normalized spacial score (nSPS) is 10.2. The molecule has 2 aromatic rings. The van der Waals surface area contributed by atoms with Crippen molar-refractivity contribution >= 4 is 40.3 Å². The van der Waals surface area contributed by atoms with Gasteiger partial charge in [0.15, 0.2) is 0 Å². The zero-order valence-electron chi connectivity index (χ0n) is 11.1. The van der Waals surface area contributed by atoms with Crippen LogP contribution in [-0.2, 0) is 4.74 Å². The summed E-state index contributed by atoms with van der Waals surface area (Å²) >= 11 is 3.89. The van der Waals surface area contributed by atoms with Gasteiger partial charge in [0, 0.05) is 13.4 Å². The van der Waals surface area contributed by atoms with Crippen LogP contribution in [0.4, 0.5) is 0 Å². The number of benzene rings is 2. The van der Waals surface area contributed by atoms with Crippen LogP contribution in [0.1, 0.15) is 10.4 Å². The Labute approximate surface area is 135 Å². The van der Waals surface area contributed by atoms with Crippen LogP contribution in [0.3, 0.4) is 0 Å². The SMILES string of the molecule is COC(=O)c1ccc(Sc2ccc(I)cc2)cc1OC. The van der Waals surface area contributed by atoms with Gasteiger partial charge >= 0.3 is 5.97 Å². The molecule has 0 N–H and O–H groups in total. The number of rotatable bonds is 4. The minimum Gasteiger partial charge on any atom is -0.496 e. The maximum atomic E-state index is 11.6. The number of carbonyl (C=O) groups excluding carboxylic acids is 1. The molecule has 2 rings (SSSR count). The molecule has 20 heavy (non-hydrogen) atoms. The van der Waals surface area contributed by atoms with E-state index in [1.807, 2.05) is 12.1 Å². The first-order valence-electron chi connectivity index (χ1n) is 5.84. The number of carbonyl (C=O) groups is 1. The third-order valence-electron chi connectivity index (χ3n) is 2.63. The average molecular weight is 400 g/mol. The van der Waals surface area contributed by atoms with Gasteiger partial charge < -0.3 is 9.47 Å². The van der Waals surface area contributed by atoms with Crippen LogP contribution in [0.15, 0.2) is 52.3 Å². The van der Waals surface area contributed by atoms with Crippen molar-refractivity contribution in [2.45, 2.75) is 9.79 Å². The van der Waals surface area contributed by atoms with Crippen LogP contribution in [-0.4, -0.2) is 20.2 Å². The zero-order valence-corrected chi connectivity index (χ0v) is 14.0. The highest BCUT2D eigenvalue weighted by Gasteiger charge is 2.13. The molecule has 0 bridgehead atoms. The molecular formula is C15H13IO3S. The van der Waals surface area contributed by atoms with E-state index in [1.165, 1.54) is 10.7 Å². The molecule has 5 heteroatoms. The molecule has 0 amide bonds. The molecule has 0 aliphatic carbocycles. The minimum absolute atomic E-state index is 0.396. The summed E-state index contributed by atoms with van der Waals surface area (Å²) in [6, 6.07) is 13.7. The van der Waals surface area contributed by atoms with Crippen molar-refractivity contribution in [1.29, 1.82) is 0 Å². The van der Waals surface area contributed by atoms with E-state index < -0.39 is 5.97 Å². The predicted octanol–water partition coefficient (Wildman–Crippen LogP) is 4.24. The van der Waals surface area contributed by atoms with Gasteiger partial charge in [0.2, 0.25) is 0 Å². The van der Waals surface area contributed by atoms with Crippen molar-refractivity contribution < 1.29 is 14.3 Å². The maximum absolute atomic E-state index is 11.6. The first-order valence-corrected chi connectivity index (χ1v) is 7.73. The van der Waals surface area contributed by atoms with Gasteiger partial charge in [-0.05, 0) is 65.1 Å². The molecular weight excluding hydrogens is 387 g/mol. The topological polar surface area (TPSA) is 35.5 Å². The number of hydrogen-bond donors (Lipinski definition) is 0. The molecule has 0 heterocycles. The van der Waals surface area contributed by atoms with Gasteiger partial charge in [0.25, 0.3) is 0 Å². The molecule has 104 valence electrons. The Morgan fingerprint density at radius 3 is 2.30 bits per heavy atom. The van der Waals surface area contributed by atoms with Crippen LogP contribution in [0.5, 0.6) is 5.75 Å². The lowest BCUT2D eigenvalue weighted by molar-refractivity contribution is 0.0597. The quantitative estimate of drug-likeness (QED) is 0.568. The smallest absolute Gasteiger partial charge is 0.341 e. The third-order valence-corrected chi connectivity index (χ3v) is 4.34. The molecule has 2 aromatic carbocycles.